The van der Waals surface area contributed by atoms with Crippen molar-refractivity contribution in [2.24, 2.45) is 5.92 Å². The van der Waals surface area contributed by atoms with E-state index in [9.17, 15) is 9.59 Å². The van der Waals surface area contributed by atoms with Crippen LogP contribution in [-0.4, -0.2) is 30.7 Å². The Bertz CT molecular complexity index is 636. The molecule has 1 aliphatic rings. The van der Waals surface area contributed by atoms with Crippen LogP contribution in [0, 0.1) is 17.8 Å². The normalized spacial score (nSPS) is 20.8. The van der Waals surface area contributed by atoms with E-state index in [1.807, 2.05) is 12.3 Å². The van der Waals surface area contributed by atoms with E-state index in [2.05, 4.69) is 11.8 Å². The molecule has 2 rings (SSSR count). The number of carbonyl (C=O) groups excluding carboxylic acids is 2. The minimum absolute atomic E-state index is 0.0139. The number of ether oxygens (including phenoxy) is 1. The Morgan fingerprint density at radius 3 is 2.52 bits per heavy atom. The molecule has 0 N–H and O–H groups in total. The van der Waals surface area contributed by atoms with Crippen molar-refractivity contribution in [3.8, 4) is 17.6 Å². The summed E-state index contributed by atoms with van der Waals surface area (Å²) < 4.78 is 5.40. The summed E-state index contributed by atoms with van der Waals surface area (Å²) in [5.74, 6) is 6.89. The minimum Gasteiger partial charge on any atom is -0.496 e. The predicted octanol–water partition coefficient (Wildman–Crippen LogP) is 3.45. The van der Waals surface area contributed by atoms with Gasteiger partial charge < -0.3 is 4.74 Å². The maximum absolute atomic E-state index is 12.5. The number of ketones is 2. The average molecular weight is 330 g/mol. The molecule has 0 heterocycles. The summed E-state index contributed by atoms with van der Waals surface area (Å²) in [5.41, 5.74) is 1.49. The van der Waals surface area contributed by atoms with E-state index >= 15 is 0 Å². The third-order valence-electron chi connectivity index (χ3n) is 4.17. The van der Waals surface area contributed by atoms with E-state index in [-0.39, 0.29) is 17.5 Å². The number of Topliss-reactive ketones (excluding diaryl/α,β-unsaturated/α-hetero) is 2. The number of methoxy groups -OCH3 is 1. The van der Waals surface area contributed by atoms with Crippen LogP contribution in [0.1, 0.15) is 43.2 Å². The second-order valence-electron chi connectivity index (χ2n) is 5.75. The summed E-state index contributed by atoms with van der Waals surface area (Å²) in [6.45, 7) is 1.77. The van der Waals surface area contributed by atoms with Gasteiger partial charge in [-0.3, -0.25) is 9.59 Å². The quantitative estimate of drug-likeness (QED) is 0.613. The Kier molecular flexibility index (Phi) is 6.29. The first kappa shape index (κ1) is 17.6. The Morgan fingerprint density at radius 1 is 1.26 bits per heavy atom. The van der Waals surface area contributed by atoms with Gasteiger partial charge in [0.15, 0.2) is 0 Å². The fourth-order valence-corrected chi connectivity index (χ4v) is 3.63. The third-order valence-corrected chi connectivity index (χ3v) is 4.81. The van der Waals surface area contributed by atoms with Crippen molar-refractivity contribution in [1.29, 1.82) is 0 Å². The fraction of sp³-hybridized carbons (Fsp3) is 0.474. The molecule has 0 saturated heterocycles. The van der Waals surface area contributed by atoms with Crippen LogP contribution < -0.4 is 4.74 Å². The molecule has 23 heavy (non-hydrogen) atoms. The highest BCUT2D eigenvalue weighted by Crippen LogP contribution is 2.36. The predicted molar refractivity (Wildman–Crippen MR) is 94.0 cm³/mol. The van der Waals surface area contributed by atoms with Gasteiger partial charge >= 0.3 is 0 Å². The van der Waals surface area contributed by atoms with Crippen LogP contribution in [0.3, 0.4) is 0 Å². The molecule has 1 saturated carbocycles. The molecule has 0 aromatic heterocycles. The number of benzene rings is 1. The lowest BCUT2D eigenvalue weighted by Crippen LogP contribution is -2.32. The lowest BCUT2D eigenvalue weighted by molar-refractivity contribution is -0.133. The van der Waals surface area contributed by atoms with E-state index in [0.29, 0.717) is 24.2 Å². The Morgan fingerprint density at radius 2 is 1.96 bits per heavy atom. The first-order valence-electron chi connectivity index (χ1n) is 7.75. The van der Waals surface area contributed by atoms with Gasteiger partial charge in [-0.15, -0.1) is 5.92 Å². The molecule has 0 unspecified atom stereocenters. The SMILES string of the molecule is CC#Cc1ccc(C2C(=O)CC(CCSC)CC2=O)c(OC)c1. The van der Waals surface area contributed by atoms with Gasteiger partial charge in [0.25, 0.3) is 0 Å². The molecule has 0 bridgehead atoms. The minimum atomic E-state index is -0.681. The van der Waals surface area contributed by atoms with Crippen LogP contribution in [-0.2, 0) is 9.59 Å². The monoisotopic (exact) mass is 330 g/mol. The summed E-state index contributed by atoms with van der Waals surface area (Å²) in [6, 6.07) is 5.45. The summed E-state index contributed by atoms with van der Waals surface area (Å²) in [7, 11) is 1.56. The fourth-order valence-electron chi connectivity index (χ4n) is 3.06. The summed E-state index contributed by atoms with van der Waals surface area (Å²) >= 11 is 1.75. The van der Waals surface area contributed by atoms with E-state index < -0.39 is 5.92 Å². The first-order chi connectivity index (χ1) is 11.1. The van der Waals surface area contributed by atoms with Crippen molar-refractivity contribution >= 4 is 23.3 Å². The van der Waals surface area contributed by atoms with Crippen LogP contribution in [0.15, 0.2) is 18.2 Å². The molecule has 1 aromatic carbocycles. The van der Waals surface area contributed by atoms with Crippen LogP contribution >= 0.6 is 11.8 Å². The highest BCUT2D eigenvalue weighted by Gasteiger charge is 2.37. The maximum Gasteiger partial charge on any atom is 0.148 e. The number of rotatable bonds is 5. The second-order valence-corrected chi connectivity index (χ2v) is 6.74. The molecule has 3 nitrogen and oxygen atoms in total. The molecule has 0 atom stereocenters. The van der Waals surface area contributed by atoms with Gasteiger partial charge in [0, 0.05) is 24.0 Å². The van der Waals surface area contributed by atoms with Crippen molar-refractivity contribution < 1.29 is 14.3 Å². The topological polar surface area (TPSA) is 43.4 Å². The van der Waals surface area contributed by atoms with Crippen LogP contribution in [0.25, 0.3) is 0 Å². The van der Waals surface area contributed by atoms with Crippen LogP contribution in [0.4, 0.5) is 0 Å². The van der Waals surface area contributed by atoms with E-state index in [4.69, 9.17) is 4.74 Å². The number of hydrogen-bond donors (Lipinski definition) is 0. The standard InChI is InChI=1S/C19H22O3S/c1-4-5-13-6-7-15(18(12-13)22-2)19-16(20)10-14(8-9-23-3)11-17(19)21/h6-7,12,14,19H,8-11H2,1-3H3. The molecule has 4 heteroatoms. The molecule has 0 amide bonds. The zero-order valence-corrected chi connectivity index (χ0v) is 14.7. The number of carbonyl (C=O) groups is 2. The Hall–Kier alpha value is -1.73. The van der Waals surface area contributed by atoms with Crippen LogP contribution in [0.2, 0.25) is 0 Å². The summed E-state index contributed by atoms with van der Waals surface area (Å²) in [4.78, 5) is 25.1. The van der Waals surface area contributed by atoms with Gasteiger partial charge in [-0.25, -0.2) is 0 Å². The molecular weight excluding hydrogens is 308 g/mol. The second kappa shape index (κ2) is 8.21. The summed E-state index contributed by atoms with van der Waals surface area (Å²) in [5, 5.41) is 0. The molecule has 0 spiro atoms. The van der Waals surface area contributed by atoms with Gasteiger partial charge in [0.05, 0.1) is 7.11 Å². The lowest BCUT2D eigenvalue weighted by atomic mass is 9.75. The molecule has 0 radical (unpaired) electrons. The third kappa shape index (κ3) is 4.17. The zero-order chi connectivity index (χ0) is 16.8. The Labute approximate surface area is 142 Å². The molecule has 1 aromatic rings. The smallest absolute Gasteiger partial charge is 0.148 e. The highest BCUT2D eigenvalue weighted by molar-refractivity contribution is 7.98. The molecular formula is C19H22O3S. The van der Waals surface area contributed by atoms with Gasteiger partial charge in [-0.1, -0.05) is 12.0 Å². The molecule has 122 valence electrons. The van der Waals surface area contributed by atoms with Gasteiger partial charge in [0.2, 0.25) is 0 Å². The maximum atomic E-state index is 12.5. The first-order valence-corrected chi connectivity index (χ1v) is 9.15. The van der Waals surface area contributed by atoms with Gasteiger partial charge in [-0.05, 0) is 43.4 Å². The lowest BCUT2D eigenvalue weighted by Gasteiger charge is -2.27. The average Bonchev–Trinajstić information content (AvgIpc) is 2.53. The van der Waals surface area contributed by atoms with Crippen molar-refractivity contribution in [1.82, 2.24) is 0 Å². The highest BCUT2D eigenvalue weighted by atomic mass is 32.2. The van der Waals surface area contributed by atoms with Crippen LogP contribution in [0.5, 0.6) is 5.75 Å². The molecule has 1 aliphatic carbocycles. The van der Waals surface area contributed by atoms with Gasteiger partial charge in [-0.2, -0.15) is 11.8 Å². The van der Waals surface area contributed by atoms with Crippen molar-refractivity contribution in [3.63, 3.8) is 0 Å². The molecule has 0 aliphatic heterocycles. The van der Waals surface area contributed by atoms with Crippen molar-refractivity contribution in [2.45, 2.75) is 32.1 Å². The van der Waals surface area contributed by atoms with E-state index in [0.717, 1.165) is 17.7 Å². The molecule has 1 fully saturated rings. The summed E-state index contributed by atoms with van der Waals surface area (Å²) in [6.07, 6.45) is 3.93. The number of hydrogen-bond acceptors (Lipinski definition) is 4. The van der Waals surface area contributed by atoms with E-state index in [1.54, 1.807) is 37.9 Å². The van der Waals surface area contributed by atoms with Crippen molar-refractivity contribution in [3.05, 3.63) is 29.3 Å². The largest absolute Gasteiger partial charge is 0.496 e. The Balaban J connectivity index is 2.25. The van der Waals surface area contributed by atoms with Gasteiger partial charge in [0.1, 0.15) is 23.2 Å². The van der Waals surface area contributed by atoms with E-state index in [1.165, 1.54) is 0 Å². The van der Waals surface area contributed by atoms with Crippen molar-refractivity contribution in [2.75, 3.05) is 19.1 Å². The zero-order valence-electron chi connectivity index (χ0n) is 13.8. The number of thioether (sulfide) groups is 1.